The van der Waals surface area contributed by atoms with Gasteiger partial charge in [0.1, 0.15) is 11.9 Å². The van der Waals surface area contributed by atoms with Crippen molar-refractivity contribution in [3.05, 3.63) is 70.5 Å². The van der Waals surface area contributed by atoms with E-state index in [9.17, 15) is 14.0 Å². The summed E-state index contributed by atoms with van der Waals surface area (Å²) in [6.45, 7) is 8.51. The Bertz CT molecular complexity index is 798. The van der Waals surface area contributed by atoms with Crippen LogP contribution in [0.5, 0.6) is 0 Å². The van der Waals surface area contributed by atoms with E-state index in [1.54, 1.807) is 17.0 Å². The first-order chi connectivity index (χ1) is 13.3. The second-order valence-electron chi connectivity index (χ2n) is 7.14. The Morgan fingerprint density at radius 1 is 1.00 bits per heavy atom. The molecule has 5 heteroatoms. The van der Waals surface area contributed by atoms with Crippen LogP contribution < -0.4 is 5.32 Å². The first-order valence-electron chi connectivity index (χ1n) is 9.72. The number of benzene rings is 2. The van der Waals surface area contributed by atoms with Crippen molar-refractivity contribution in [2.75, 3.05) is 6.54 Å². The van der Waals surface area contributed by atoms with Crippen molar-refractivity contribution in [2.45, 2.75) is 53.1 Å². The largest absolute Gasteiger partial charge is 0.355 e. The lowest BCUT2D eigenvalue weighted by Crippen LogP contribution is -2.49. The predicted molar refractivity (Wildman–Crippen MR) is 109 cm³/mol. The summed E-state index contributed by atoms with van der Waals surface area (Å²) in [6, 6.07) is 11.5. The van der Waals surface area contributed by atoms with Crippen molar-refractivity contribution in [1.29, 1.82) is 0 Å². The summed E-state index contributed by atoms with van der Waals surface area (Å²) in [5.74, 6) is -0.610. The third-order valence-electron chi connectivity index (χ3n) is 4.64. The number of nitrogens with zero attached hydrogens (tertiary/aromatic N) is 1. The molecule has 4 nitrogen and oxygen atoms in total. The van der Waals surface area contributed by atoms with Crippen LogP contribution in [0.3, 0.4) is 0 Å². The minimum absolute atomic E-state index is 0.118. The minimum atomic E-state index is -0.566. The molecule has 0 aliphatic rings. The summed E-state index contributed by atoms with van der Waals surface area (Å²) in [6.07, 6.45) is 0.727. The molecule has 0 saturated heterocycles. The van der Waals surface area contributed by atoms with Gasteiger partial charge in [0.05, 0.1) is 6.42 Å². The number of aryl methyl sites for hydroxylation is 2. The molecular weight excluding hydrogens is 355 g/mol. The zero-order chi connectivity index (χ0) is 20.7. The van der Waals surface area contributed by atoms with Crippen molar-refractivity contribution in [3.8, 4) is 0 Å². The van der Waals surface area contributed by atoms with Gasteiger partial charge >= 0.3 is 0 Å². The summed E-state index contributed by atoms with van der Waals surface area (Å²) in [4.78, 5) is 27.4. The fourth-order valence-corrected chi connectivity index (χ4v) is 3.45. The maximum atomic E-state index is 13.3. The number of amides is 2. The Hall–Kier alpha value is -2.69. The maximum Gasteiger partial charge on any atom is 0.242 e. The lowest BCUT2D eigenvalue weighted by molar-refractivity contribution is -0.140. The van der Waals surface area contributed by atoms with Crippen LogP contribution in [-0.4, -0.2) is 29.3 Å². The molecule has 2 aromatic rings. The average molecular weight is 384 g/mol. The molecule has 28 heavy (non-hydrogen) atoms. The zero-order valence-corrected chi connectivity index (χ0v) is 17.1. The third kappa shape index (κ3) is 5.91. The molecule has 0 saturated carbocycles. The molecule has 0 unspecified atom stereocenters. The Kier molecular flexibility index (Phi) is 7.73. The third-order valence-corrected chi connectivity index (χ3v) is 4.64. The molecule has 0 radical (unpaired) electrons. The molecule has 0 aliphatic carbocycles. The van der Waals surface area contributed by atoms with E-state index in [1.807, 2.05) is 39.8 Å². The Balaban J connectivity index is 2.30. The van der Waals surface area contributed by atoms with E-state index in [2.05, 4.69) is 11.4 Å². The topological polar surface area (TPSA) is 49.4 Å². The molecule has 0 aliphatic heterocycles. The minimum Gasteiger partial charge on any atom is -0.355 e. The van der Waals surface area contributed by atoms with Crippen LogP contribution in [0.2, 0.25) is 0 Å². The molecule has 1 N–H and O–H groups in total. The van der Waals surface area contributed by atoms with Crippen LogP contribution in [0.15, 0.2) is 42.5 Å². The van der Waals surface area contributed by atoms with E-state index < -0.39 is 6.04 Å². The van der Waals surface area contributed by atoms with Crippen LogP contribution >= 0.6 is 0 Å². The molecule has 0 bridgehead atoms. The van der Waals surface area contributed by atoms with Gasteiger partial charge in [0, 0.05) is 13.1 Å². The molecule has 150 valence electrons. The normalized spacial score (nSPS) is 11.8. The zero-order valence-electron chi connectivity index (χ0n) is 17.1. The standard InChI is InChI=1S/C23H29FN2O2/c1-5-21(23(28)25-6-2)26(15-18-7-9-20(24)10-8-18)22(27)14-19-12-16(3)11-17(4)13-19/h7-13,21H,5-6,14-15H2,1-4H3,(H,25,28)/t21-/m0/s1. The molecule has 0 heterocycles. The lowest BCUT2D eigenvalue weighted by atomic mass is 10.0. The van der Waals surface area contributed by atoms with Gasteiger partial charge < -0.3 is 10.2 Å². The van der Waals surface area contributed by atoms with Gasteiger partial charge in [-0.05, 0) is 50.5 Å². The van der Waals surface area contributed by atoms with Gasteiger partial charge in [-0.15, -0.1) is 0 Å². The molecule has 1 atom stereocenters. The van der Waals surface area contributed by atoms with Crippen LogP contribution in [0.25, 0.3) is 0 Å². The summed E-state index contributed by atoms with van der Waals surface area (Å²) < 4.78 is 13.3. The smallest absolute Gasteiger partial charge is 0.242 e. The number of halogens is 1. The van der Waals surface area contributed by atoms with Gasteiger partial charge in [-0.2, -0.15) is 0 Å². The van der Waals surface area contributed by atoms with Crippen molar-refractivity contribution >= 4 is 11.8 Å². The van der Waals surface area contributed by atoms with Gasteiger partial charge in [-0.25, -0.2) is 4.39 Å². The van der Waals surface area contributed by atoms with Crippen LogP contribution in [0, 0.1) is 19.7 Å². The SMILES string of the molecule is CCNC(=O)[C@H](CC)N(Cc1ccc(F)cc1)C(=O)Cc1cc(C)cc(C)c1. The van der Waals surface area contributed by atoms with Gasteiger partial charge in [-0.3, -0.25) is 9.59 Å². The Morgan fingerprint density at radius 3 is 2.14 bits per heavy atom. The maximum absolute atomic E-state index is 13.3. The molecule has 2 aromatic carbocycles. The van der Waals surface area contributed by atoms with Crippen molar-refractivity contribution in [2.24, 2.45) is 0 Å². The summed E-state index contributed by atoms with van der Waals surface area (Å²) in [5, 5.41) is 2.82. The van der Waals surface area contributed by atoms with Crippen LogP contribution in [-0.2, 0) is 22.6 Å². The van der Waals surface area contributed by atoms with Gasteiger partial charge in [0.2, 0.25) is 11.8 Å². The predicted octanol–water partition coefficient (Wildman–Crippen LogP) is 3.93. The van der Waals surface area contributed by atoms with Crippen LogP contribution in [0.4, 0.5) is 4.39 Å². The second-order valence-corrected chi connectivity index (χ2v) is 7.14. The fraction of sp³-hybridized carbons (Fsp3) is 0.391. The van der Waals surface area contributed by atoms with Gasteiger partial charge in [0.25, 0.3) is 0 Å². The Labute approximate surface area is 166 Å². The summed E-state index contributed by atoms with van der Waals surface area (Å²) in [7, 11) is 0. The number of rotatable bonds is 8. The molecule has 0 spiro atoms. The lowest BCUT2D eigenvalue weighted by Gasteiger charge is -2.30. The van der Waals surface area contributed by atoms with Crippen molar-refractivity contribution < 1.29 is 14.0 Å². The molecule has 2 rings (SSSR count). The highest BCUT2D eigenvalue weighted by atomic mass is 19.1. The van der Waals surface area contributed by atoms with E-state index in [-0.39, 0.29) is 30.6 Å². The first-order valence-corrected chi connectivity index (χ1v) is 9.72. The number of nitrogens with one attached hydrogen (secondary N) is 1. The van der Waals surface area contributed by atoms with Crippen LogP contribution in [0.1, 0.15) is 42.5 Å². The highest BCUT2D eigenvalue weighted by Crippen LogP contribution is 2.16. The average Bonchev–Trinajstić information content (AvgIpc) is 2.62. The summed E-state index contributed by atoms with van der Waals surface area (Å²) >= 11 is 0. The van der Waals surface area contributed by atoms with E-state index in [0.29, 0.717) is 13.0 Å². The number of hydrogen-bond donors (Lipinski definition) is 1. The van der Waals surface area contributed by atoms with E-state index in [0.717, 1.165) is 22.3 Å². The van der Waals surface area contributed by atoms with E-state index in [1.165, 1.54) is 12.1 Å². The highest BCUT2D eigenvalue weighted by molar-refractivity contribution is 5.88. The van der Waals surface area contributed by atoms with E-state index in [4.69, 9.17) is 0 Å². The molecule has 2 amide bonds. The molecular formula is C23H29FN2O2. The van der Waals surface area contributed by atoms with Crippen molar-refractivity contribution in [1.82, 2.24) is 10.2 Å². The second kappa shape index (κ2) is 10.0. The Morgan fingerprint density at radius 2 is 1.61 bits per heavy atom. The number of carbonyl (C=O) groups excluding carboxylic acids is 2. The first kappa shape index (κ1) is 21.6. The van der Waals surface area contributed by atoms with Gasteiger partial charge in [-0.1, -0.05) is 48.4 Å². The quantitative estimate of drug-likeness (QED) is 0.750. The highest BCUT2D eigenvalue weighted by Gasteiger charge is 2.28. The monoisotopic (exact) mass is 384 g/mol. The van der Waals surface area contributed by atoms with E-state index >= 15 is 0 Å². The molecule has 0 fully saturated rings. The number of carbonyl (C=O) groups is 2. The fourth-order valence-electron chi connectivity index (χ4n) is 3.45. The number of hydrogen-bond acceptors (Lipinski definition) is 2. The van der Waals surface area contributed by atoms with Gasteiger partial charge in [0.15, 0.2) is 0 Å². The van der Waals surface area contributed by atoms with Crippen molar-refractivity contribution in [3.63, 3.8) is 0 Å². The number of likely N-dealkylation sites (N-methyl/N-ethyl adjacent to an activating group) is 1. The molecule has 0 aromatic heterocycles. The summed E-state index contributed by atoms with van der Waals surface area (Å²) in [5.41, 5.74) is 3.92.